The lowest BCUT2D eigenvalue weighted by molar-refractivity contribution is -0.129. The minimum atomic E-state index is 0.00809. The molecular formula is C14H21N3O. The molecule has 1 N–H and O–H groups in total. The van der Waals surface area contributed by atoms with E-state index in [1.807, 2.05) is 23.1 Å². The Bertz CT molecular complexity index is 391. The van der Waals surface area contributed by atoms with Crippen LogP contribution in [0, 0.1) is 0 Å². The lowest BCUT2D eigenvalue weighted by Gasteiger charge is -2.18. The van der Waals surface area contributed by atoms with Crippen LogP contribution in [0.4, 0.5) is 0 Å². The SMILES string of the molecule is CC(C)NC1CCN(CCc2ccccn2)C1=O. The van der Waals surface area contributed by atoms with Crippen LogP contribution in [0.1, 0.15) is 26.0 Å². The topological polar surface area (TPSA) is 45.2 Å². The monoisotopic (exact) mass is 247 g/mol. The molecule has 0 aromatic carbocycles. The Morgan fingerprint density at radius 1 is 1.50 bits per heavy atom. The molecule has 1 aromatic rings. The summed E-state index contributed by atoms with van der Waals surface area (Å²) in [6.45, 7) is 5.77. The van der Waals surface area contributed by atoms with Gasteiger partial charge in [0.2, 0.25) is 5.91 Å². The quantitative estimate of drug-likeness (QED) is 0.851. The molecule has 1 saturated heterocycles. The smallest absolute Gasteiger partial charge is 0.239 e. The average Bonchev–Trinajstić information content (AvgIpc) is 2.69. The fraction of sp³-hybridized carbons (Fsp3) is 0.571. The molecule has 1 aliphatic rings. The second kappa shape index (κ2) is 5.96. The highest BCUT2D eigenvalue weighted by Crippen LogP contribution is 2.12. The van der Waals surface area contributed by atoms with Crippen molar-refractivity contribution in [3.8, 4) is 0 Å². The van der Waals surface area contributed by atoms with Crippen molar-refractivity contribution in [2.75, 3.05) is 13.1 Å². The van der Waals surface area contributed by atoms with E-state index in [4.69, 9.17) is 0 Å². The third kappa shape index (κ3) is 3.29. The molecule has 0 spiro atoms. The van der Waals surface area contributed by atoms with E-state index < -0.39 is 0 Å². The minimum Gasteiger partial charge on any atom is -0.341 e. The van der Waals surface area contributed by atoms with Gasteiger partial charge in [-0.1, -0.05) is 19.9 Å². The van der Waals surface area contributed by atoms with Gasteiger partial charge in [0.15, 0.2) is 0 Å². The summed E-state index contributed by atoms with van der Waals surface area (Å²) < 4.78 is 0. The largest absolute Gasteiger partial charge is 0.341 e. The van der Waals surface area contributed by atoms with Gasteiger partial charge in [-0.25, -0.2) is 0 Å². The van der Waals surface area contributed by atoms with E-state index in [1.165, 1.54) is 0 Å². The van der Waals surface area contributed by atoms with Crippen molar-refractivity contribution >= 4 is 5.91 Å². The summed E-state index contributed by atoms with van der Waals surface area (Å²) in [6.07, 6.45) is 3.55. The number of aromatic nitrogens is 1. The summed E-state index contributed by atoms with van der Waals surface area (Å²) in [5.41, 5.74) is 1.05. The van der Waals surface area contributed by atoms with Crippen molar-refractivity contribution in [2.45, 2.75) is 38.8 Å². The maximum Gasteiger partial charge on any atom is 0.239 e. The first-order valence-electron chi connectivity index (χ1n) is 6.61. The van der Waals surface area contributed by atoms with E-state index in [-0.39, 0.29) is 11.9 Å². The lowest BCUT2D eigenvalue weighted by atomic mass is 10.2. The molecule has 1 aromatic heterocycles. The average molecular weight is 247 g/mol. The van der Waals surface area contributed by atoms with Crippen LogP contribution in [0.3, 0.4) is 0 Å². The molecule has 0 saturated carbocycles. The third-order valence-corrected chi connectivity index (χ3v) is 3.20. The summed E-state index contributed by atoms with van der Waals surface area (Å²) in [7, 11) is 0. The van der Waals surface area contributed by atoms with Gasteiger partial charge in [-0.3, -0.25) is 9.78 Å². The standard InChI is InChI=1S/C14H21N3O/c1-11(2)16-13-7-10-17(14(13)18)9-6-12-5-3-4-8-15-12/h3-5,8,11,13,16H,6-7,9-10H2,1-2H3. The van der Waals surface area contributed by atoms with Gasteiger partial charge in [0.1, 0.15) is 0 Å². The fourth-order valence-corrected chi connectivity index (χ4v) is 2.31. The molecule has 1 atom stereocenters. The Morgan fingerprint density at radius 2 is 2.33 bits per heavy atom. The van der Waals surface area contributed by atoms with Crippen LogP contribution in [0.5, 0.6) is 0 Å². The zero-order valence-corrected chi connectivity index (χ0v) is 11.1. The Hall–Kier alpha value is -1.42. The van der Waals surface area contributed by atoms with Crippen molar-refractivity contribution in [2.24, 2.45) is 0 Å². The van der Waals surface area contributed by atoms with Crippen LogP contribution in [-0.2, 0) is 11.2 Å². The fourth-order valence-electron chi connectivity index (χ4n) is 2.31. The molecule has 18 heavy (non-hydrogen) atoms. The molecule has 2 rings (SSSR count). The van der Waals surface area contributed by atoms with Crippen LogP contribution in [0.15, 0.2) is 24.4 Å². The van der Waals surface area contributed by atoms with Crippen molar-refractivity contribution < 1.29 is 4.79 Å². The van der Waals surface area contributed by atoms with E-state index in [2.05, 4.69) is 24.1 Å². The van der Waals surface area contributed by atoms with E-state index in [1.54, 1.807) is 6.20 Å². The number of rotatable bonds is 5. The van der Waals surface area contributed by atoms with Gasteiger partial charge in [-0.15, -0.1) is 0 Å². The molecular weight excluding hydrogens is 226 g/mol. The van der Waals surface area contributed by atoms with Gasteiger partial charge in [0, 0.05) is 37.4 Å². The van der Waals surface area contributed by atoms with Crippen LogP contribution in [-0.4, -0.2) is 41.0 Å². The van der Waals surface area contributed by atoms with Crippen molar-refractivity contribution in [3.05, 3.63) is 30.1 Å². The number of nitrogens with zero attached hydrogens (tertiary/aromatic N) is 2. The highest BCUT2D eigenvalue weighted by Gasteiger charge is 2.31. The Morgan fingerprint density at radius 3 is 3.00 bits per heavy atom. The Labute approximate surface area is 108 Å². The van der Waals surface area contributed by atoms with Gasteiger partial charge in [0.05, 0.1) is 6.04 Å². The molecule has 0 radical (unpaired) electrons. The van der Waals surface area contributed by atoms with Gasteiger partial charge in [0.25, 0.3) is 0 Å². The predicted octanol–water partition coefficient (Wildman–Crippen LogP) is 1.22. The summed E-state index contributed by atoms with van der Waals surface area (Å²) in [6, 6.07) is 6.26. The Kier molecular flexibility index (Phi) is 4.31. The number of carbonyl (C=O) groups excluding carboxylic acids is 1. The number of amides is 1. The van der Waals surface area contributed by atoms with Gasteiger partial charge >= 0.3 is 0 Å². The zero-order chi connectivity index (χ0) is 13.0. The predicted molar refractivity (Wildman–Crippen MR) is 71.2 cm³/mol. The zero-order valence-electron chi connectivity index (χ0n) is 11.1. The molecule has 1 amide bonds. The van der Waals surface area contributed by atoms with Gasteiger partial charge < -0.3 is 10.2 Å². The normalized spacial score (nSPS) is 19.8. The lowest BCUT2D eigenvalue weighted by Crippen LogP contribution is -2.41. The Balaban J connectivity index is 1.83. The molecule has 4 heteroatoms. The summed E-state index contributed by atoms with van der Waals surface area (Å²) in [4.78, 5) is 18.3. The van der Waals surface area contributed by atoms with Crippen molar-refractivity contribution in [1.29, 1.82) is 0 Å². The maximum absolute atomic E-state index is 12.1. The van der Waals surface area contributed by atoms with Gasteiger partial charge in [-0.2, -0.15) is 0 Å². The van der Waals surface area contributed by atoms with Crippen LogP contribution >= 0.6 is 0 Å². The number of hydrogen-bond acceptors (Lipinski definition) is 3. The van der Waals surface area contributed by atoms with E-state index in [0.717, 1.165) is 31.6 Å². The van der Waals surface area contributed by atoms with Crippen LogP contribution < -0.4 is 5.32 Å². The summed E-state index contributed by atoms with van der Waals surface area (Å²) in [5.74, 6) is 0.236. The second-order valence-electron chi connectivity index (χ2n) is 5.06. The summed E-state index contributed by atoms with van der Waals surface area (Å²) >= 11 is 0. The van der Waals surface area contributed by atoms with E-state index >= 15 is 0 Å². The highest BCUT2D eigenvalue weighted by atomic mass is 16.2. The van der Waals surface area contributed by atoms with Crippen LogP contribution in [0.2, 0.25) is 0 Å². The molecule has 2 heterocycles. The number of pyridine rings is 1. The molecule has 1 unspecified atom stereocenters. The van der Waals surface area contributed by atoms with E-state index in [0.29, 0.717) is 6.04 Å². The molecule has 98 valence electrons. The number of hydrogen-bond donors (Lipinski definition) is 1. The first-order valence-corrected chi connectivity index (χ1v) is 6.61. The second-order valence-corrected chi connectivity index (χ2v) is 5.06. The maximum atomic E-state index is 12.1. The summed E-state index contributed by atoms with van der Waals surface area (Å²) in [5, 5.41) is 3.31. The first-order chi connectivity index (χ1) is 8.66. The number of likely N-dealkylation sites (tertiary alicyclic amines) is 1. The van der Waals surface area contributed by atoms with Crippen molar-refractivity contribution in [1.82, 2.24) is 15.2 Å². The molecule has 4 nitrogen and oxygen atoms in total. The van der Waals surface area contributed by atoms with Crippen LogP contribution in [0.25, 0.3) is 0 Å². The molecule has 0 aliphatic carbocycles. The minimum absolute atomic E-state index is 0.00809. The number of carbonyl (C=O) groups is 1. The number of nitrogens with one attached hydrogen (secondary N) is 1. The van der Waals surface area contributed by atoms with Crippen molar-refractivity contribution in [3.63, 3.8) is 0 Å². The molecule has 0 bridgehead atoms. The molecule has 1 aliphatic heterocycles. The van der Waals surface area contributed by atoms with E-state index in [9.17, 15) is 4.79 Å². The molecule has 1 fully saturated rings. The highest BCUT2D eigenvalue weighted by molar-refractivity contribution is 5.84. The first kappa shape index (κ1) is 13.0. The van der Waals surface area contributed by atoms with Gasteiger partial charge in [-0.05, 0) is 18.6 Å². The third-order valence-electron chi connectivity index (χ3n) is 3.20.